The van der Waals surface area contributed by atoms with Crippen LogP contribution in [0.3, 0.4) is 0 Å². The first-order valence-corrected chi connectivity index (χ1v) is 14.7. The number of halogens is 1. The Morgan fingerprint density at radius 2 is 1.83 bits per heavy atom. The molecule has 1 amide bonds. The Morgan fingerprint density at radius 3 is 2.59 bits per heavy atom. The maximum Gasteiger partial charge on any atom is 0.321 e. The van der Waals surface area contributed by atoms with Crippen LogP contribution in [-0.4, -0.2) is 41.2 Å². The van der Waals surface area contributed by atoms with Crippen molar-refractivity contribution >= 4 is 23.5 Å². The topological polar surface area (TPSA) is 166 Å². The van der Waals surface area contributed by atoms with Crippen molar-refractivity contribution < 1.29 is 33.6 Å². The lowest BCUT2D eigenvalue weighted by atomic mass is 9.96. The van der Waals surface area contributed by atoms with Crippen molar-refractivity contribution in [3.63, 3.8) is 0 Å². The molecule has 0 spiro atoms. The molecule has 4 aromatic rings. The molecule has 0 fully saturated rings. The molecule has 1 atom stereocenters. The fraction of sp³-hybridized carbons (Fsp3) is 0.235. The van der Waals surface area contributed by atoms with Crippen molar-refractivity contribution in [2.75, 3.05) is 13.2 Å². The van der Waals surface area contributed by atoms with Gasteiger partial charge in [0, 0.05) is 36.1 Å². The molecule has 1 aliphatic rings. The number of nitrogens with two attached hydrogens (primary N) is 1. The molecule has 3 aromatic carbocycles. The van der Waals surface area contributed by atoms with Crippen LogP contribution in [0.15, 0.2) is 67.0 Å². The highest BCUT2D eigenvalue weighted by Crippen LogP contribution is 2.37. The summed E-state index contributed by atoms with van der Waals surface area (Å²) >= 11 is 6.65. The molecule has 1 aromatic heterocycles. The van der Waals surface area contributed by atoms with E-state index < -0.39 is 24.3 Å². The zero-order valence-electron chi connectivity index (χ0n) is 24.9. The summed E-state index contributed by atoms with van der Waals surface area (Å²) in [6.45, 7) is 3.32. The Hall–Kier alpha value is -5.31. The Morgan fingerprint density at radius 1 is 1.04 bits per heavy atom. The lowest BCUT2D eigenvalue weighted by Crippen LogP contribution is -2.39. The third-order valence-electron chi connectivity index (χ3n) is 7.36. The number of carbonyl (C=O) groups excluding carboxylic acids is 1. The van der Waals surface area contributed by atoms with Gasteiger partial charge in [-0.25, -0.2) is 0 Å². The highest BCUT2D eigenvalue weighted by molar-refractivity contribution is 6.32. The van der Waals surface area contributed by atoms with E-state index in [1.807, 2.05) is 49.4 Å². The number of benzene rings is 3. The minimum absolute atomic E-state index is 0.00670. The van der Waals surface area contributed by atoms with Gasteiger partial charge in [-0.3, -0.25) is 19.9 Å². The summed E-state index contributed by atoms with van der Waals surface area (Å²) in [5.74, 6) is 0.161. The Labute approximate surface area is 270 Å². The highest BCUT2D eigenvalue weighted by Gasteiger charge is 2.21. The first-order chi connectivity index (χ1) is 22.2. The number of primary amides is 1. The highest BCUT2D eigenvalue weighted by atomic mass is 35.5. The van der Waals surface area contributed by atoms with Crippen LogP contribution in [-0.2, 0) is 29.3 Å². The number of nitrogens with one attached hydrogen (secondary N) is 1. The molecule has 11 nitrogen and oxygen atoms in total. The standard InChI is InChI=1S/C34H31ClN4O7/c1-20-24(3-2-4-26(20)23-5-6-29-32(11-23)44-8-7-43-29)19-46-31-13-30(45-18-22-9-21(14-36)15-38-16-22)25(10-27(31)35)17-39-28(34(41)42)12-33(37)40/h2-6,9-11,13,15-16,28,39H,7-8,12,17-19H2,1H3,(H2,37,40)(H,41,42)/t28-/m1/s1. The molecule has 0 saturated heterocycles. The summed E-state index contributed by atoms with van der Waals surface area (Å²) in [6.07, 6.45) is 2.64. The number of hydrogen-bond acceptors (Lipinski definition) is 9. The number of amides is 1. The number of fused-ring (bicyclic) bond motifs is 1. The molecule has 1 aliphatic heterocycles. The second-order valence-corrected chi connectivity index (χ2v) is 11.0. The van der Waals surface area contributed by atoms with Gasteiger partial charge in [0.15, 0.2) is 11.5 Å². The van der Waals surface area contributed by atoms with Gasteiger partial charge < -0.3 is 29.8 Å². The lowest BCUT2D eigenvalue weighted by Gasteiger charge is -2.20. The Kier molecular flexibility index (Phi) is 10.2. The molecule has 236 valence electrons. The largest absolute Gasteiger partial charge is 0.488 e. The summed E-state index contributed by atoms with van der Waals surface area (Å²) in [4.78, 5) is 27.1. The van der Waals surface area contributed by atoms with Crippen molar-refractivity contribution in [2.24, 2.45) is 5.73 Å². The van der Waals surface area contributed by atoms with Crippen molar-refractivity contribution in [3.05, 3.63) is 99.8 Å². The van der Waals surface area contributed by atoms with Gasteiger partial charge in [-0.05, 0) is 53.4 Å². The smallest absolute Gasteiger partial charge is 0.321 e. The summed E-state index contributed by atoms with van der Waals surface area (Å²) in [6, 6.07) is 17.6. The average molecular weight is 643 g/mol. The molecule has 0 bridgehead atoms. The molecule has 4 N–H and O–H groups in total. The molecule has 5 rings (SSSR count). The van der Waals surface area contributed by atoms with E-state index in [1.54, 1.807) is 24.4 Å². The fourth-order valence-electron chi connectivity index (χ4n) is 4.95. The summed E-state index contributed by atoms with van der Waals surface area (Å²) in [5, 5.41) is 21.9. The monoisotopic (exact) mass is 642 g/mol. The number of hydrogen-bond donors (Lipinski definition) is 3. The number of ether oxygens (including phenoxy) is 4. The number of nitrogens with zero attached hydrogens (tertiary/aromatic N) is 2. The molecule has 46 heavy (non-hydrogen) atoms. The second kappa shape index (κ2) is 14.6. The van der Waals surface area contributed by atoms with E-state index in [0.29, 0.717) is 47.2 Å². The van der Waals surface area contributed by atoms with Gasteiger partial charge in [-0.1, -0.05) is 35.9 Å². The zero-order chi connectivity index (χ0) is 32.6. The van der Waals surface area contributed by atoms with Gasteiger partial charge in [0.2, 0.25) is 5.91 Å². The molecular weight excluding hydrogens is 612 g/mol. The number of carbonyl (C=O) groups is 2. The van der Waals surface area contributed by atoms with Gasteiger partial charge in [0.1, 0.15) is 50.0 Å². The third kappa shape index (κ3) is 7.85. The van der Waals surface area contributed by atoms with Crippen molar-refractivity contribution in [1.29, 1.82) is 5.26 Å². The van der Waals surface area contributed by atoms with E-state index in [4.69, 9.17) is 36.3 Å². The van der Waals surface area contributed by atoms with E-state index in [1.165, 1.54) is 6.20 Å². The molecule has 0 unspecified atom stereocenters. The SMILES string of the molecule is Cc1c(COc2cc(OCc3cncc(C#N)c3)c(CN[C@H](CC(N)=O)C(=O)O)cc2Cl)cccc1-c1ccc2c(c1)OCCO2. The van der Waals surface area contributed by atoms with Crippen LogP contribution in [0, 0.1) is 18.3 Å². The molecule has 0 aliphatic carbocycles. The van der Waals surface area contributed by atoms with E-state index in [2.05, 4.69) is 10.3 Å². The van der Waals surface area contributed by atoms with Crippen LogP contribution in [0.1, 0.15) is 34.2 Å². The van der Waals surface area contributed by atoms with E-state index in [0.717, 1.165) is 28.0 Å². The maximum absolute atomic E-state index is 11.7. The number of carboxylic acids is 1. The van der Waals surface area contributed by atoms with Crippen LogP contribution in [0.5, 0.6) is 23.0 Å². The molecular formula is C34H31ClN4O7. The van der Waals surface area contributed by atoms with Crippen LogP contribution in [0.2, 0.25) is 5.02 Å². The van der Waals surface area contributed by atoms with Gasteiger partial charge >= 0.3 is 5.97 Å². The molecule has 0 saturated carbocycles. The summed E-state index contributed by atoms with van der Waals surface area (Å²) in [7, 11) is 0. The van der Waals surface area contributed by atoms with E-state index in [-0.39, 0.29) is 24.8 Å². The van der Waals surface area contributed by atoms with Crippen LogP contribution in [0.25, 0.3) is 11.1 Å². The van der Waals surface area contributed by atoms with Gasteiger partial charge in [0.05, 0.1) is 17.0 Å². The van der Waals surface area contributed by atoms with Crippen molar-refractivity contribution in [1.82, 2.24) is 10.3 Å². The van der Waals surface area contributed by atoms with Crippen molar-refractivity contribution in [3.8, 4) is 40.2 Å². The first-order valence-electron chi connectivity index (χ1n) is 14.4. The van der Waals surface area contributed by atoms with Gasteiger partial charge in [0.25, 0.3) is 0 Å². The lowest BCUT2D eigenvalue weighted by molar-refractivity contribution is -0.141. The van der Waals surface area contributed by atoms with E-state index in [9.17, 15) is 20.0 Å². The normalized spacial score (nSPS) is 12.5. The van der Waals surface area contributed by atoms with Crippen molar-refractivity contribution in [2.45, 2.75) is 39.1 Å². The Balaban J connectivity index is 1.38. The summed E-state index contributed by atoms with van der Waals surface area (Å²) in [5.41, 5.74) is 10.7. The van der Waals surface area contributed by atoms with Crippen LogP contribution < -0.4 is 30.0 Å². The van der Waals surface area contributed by atoms with Crippen LogP contribution >= 0.6 is 11.6 Å². The average Bonchev–Trinajstić information content (AvgIpc) is 3.05. The molecule has 12 heteroatoms. The number of aliphatic carboxylic acids is 1. The quantitative estimate of drug-likeness (QED) is 0.182. The summed E-state index contributed by atoms with van der Waals surface area (Å²) < 4.78 is 23.7. The molecule has 2 heterocycles. The Bertz CT molecular complexity index is 1810. The predicted molar refractivity (Wildman–Crippen MR) is 169 cm³/mol. The van der Waals surface area contributed by atoms with E-state index >= 15 is 0 Å². The third-order valence-corrected chi connectivity index (χ3v) is 7.65. The number of aromatic nitrogens is 1. The fourth-order valence-corrected chi connectivity index (χ4v) is 5.19. The number of carboxylic acid groups (broad SMARTS) is 1. The van der Waals surface area contributed by atoms with Gasteiger partial charge in [-0.2, -0.15) is 5.26 Å². The maximum atomic E-state index is 11.7. The number of rotatable bonds is 13. The number of pyridine rings is 1. The number of nitriles is 1. The van der Waals surface area contributed by atoms with Crippen LogP contribution in [0.4, 0.5) is 0 Å². The molecule has 0 radical (unpaired) electrons. The second-order valence-electron chi connectivity index (χ2n) is 10.6. The van der Waals surface area contributed by atoms with Gasteiger partial charge in [-0.15, -0.1) is 0 Å². The minimum atomic E-state index is -1.22. The minimum Gasteiger partial charge on any atom is -0.488 e. The predicted octanol–water partition coefficient (Wildman–Crippen LogP) is 4.93. The first kappa shape index (κ1) is 32.1. The zero-order valence-corrected chi connectivity index (χ0v) is 25.7.